The van der Waals surface area contributed by atoms with Gasteiger partial charge in [-0.15, -0.1) is 37.2 Å². The van der Waals surface area contributed by atoms with Crippen LogP contribution in [0.3, 0.4) is 0 Å². The van der Waals surface area contributed by atoms with Gasteiger partial charge in [-0.3, -0.25) is 15.6 Å². The van der Waals surface area contributed by atoms with Crippen LogP contribution in [0.4, 0.5) is 5.69 Å². The van der Waals surface area contributed by atoms with Crippen LogP contribution in [0, 0.1) is 10.8 Å². The SMILES string of the molecule is CC(=N)N1CCC(Oc2ccc(N(C/C=C/c3cccc(C(=N)N)c3)C(C)=O)cc2)CC1.Cl.Cl.Cl. The van der Waals surface area contributed by atoms with Crippen molar-refractivity contribution >= 4 is 66.6 Å². The zero-order valence-corrected chi connectivity index (χ0v) is 22.3. The summed E-state index contributed by atoms with van der Waals surface area (Å²) in [5.41, 5.74) is 7.95. The number of halogens is 3. The lowest BCUT2D eigenvalue weighted by Crippen LogP contribution is -2.40. The van der Waals surface area contributed by atoms with Crippen LogP contribution in [-0.4, -0.2) is 48.2 Å². The number of hydrogen-bond acceptors (Lipinski definition) is 4. The second-order valence-corrected chi connectivity index (χ2v) is 7.95. The van der Waals surface area contributed by atoms with Gasteiger partial charge in [-0.2, -0.15) is 0 Å². The topological polar surface area (TPSA) is 106 Å². The predicted molar refractivity (Wildman–Crippen MR) is 151 cm³/mol. The molecule has 2 aromatic rings. The largest absolute Gasteiger partial charge is 0.490 e. The van der Waals surface area contributed by atoms with Gasteiger partial charge < -0.3 is 20.3 Å². The number of nitrogens with one attached hydrogen (secondary N) is 2. The highest BCUT2D eigenvalue weighted by atomic mass is 35.5. The number of hydrogen-bond donors (Lipinski definition) is 3. The summed E-state index contributed by atoms with van der Waals surface area (Å²) in [6, 6.07) is 15.0. The van der Waals surface area contributed by atoms with E-state index in [1.807, 2.05) is 61.5 Å². The fourth-order valence-corrected chi connectivity index (χ4v) is 3.73. The van der Waals surface area contributed by atoms with Crippen molar-refractivity contribution < 1.29 is 9.53 Å². The van der Waals surface area contributed by atoms with E-state index in [0.29, 0.717) is 17.9 Å². The number of benzene rings is 2. The van der Waals surface area contributed by atoms with E-state index in [4.69, 9.17) is 21.3 Å². The molecule has 0 saturated carbocycles. The van der Waals surface area contributed by atoms with Crippen LogP contribution >= 0.6 is 37.2 Å². The molecule has 35 heavy (non-hydrogen) atoms. The number of rotatable bonds is 7. The molecule has 3 rings (SSSR count). The number of amidine groups is 2. The minimum Gasteiger partial charge on any atom is -0.490 e. The average molecular weight is 543 g/mol. The Labute approximate surface area is 226 Å². The third kappa shape index (κ3) is 9.43. The molecule has 2 aromatic carbocycles. The summed E-state index contributed by atoms with van der Waals surface area (Å²) in [5, 5.41) is 15.3. The highest BCUT2D eigenvalue weighted by molar-refractivity contribution is 5.95. The molecular weight excluding hydrogens is 509 g/mol. The Kier molecular flexibility index (Phi) is 14.1. The summed E-state index contributed by atoms with van der Waals surface area (Å²) in [6.45, 7) is 5.49. The maximum Gasteiger partial charge on any atom is 0.224 e. The second-order valence-electron chi connectivity index (χ2n) is 7.95. The number of anilines is 1. The summed E-state index contributed by atoms with van der Waals surface area (Å²) in [4.78, 5) is 16.0. The third-order valence-corrected chi connectivity index (χ3v) is 5.54. The van der Waals surface area contributed by atoms with Gasteiger partial charge in [0.2, 0.25) is 5.91 Å². The van der Waals surface area contributed by atoms with Crippen LogP contribution in [0.15, 0.2) is 54.6 Å². The van der Waals surface area contributed by atoms with Crippen LogP contribution in [0.5, 0.6) is 5.75 Å². The first-order valence-corrected chi connectivity index (χ1v) is 10.8. The predicted octanol–water partition coefficient (Wildman–Crippen LogP) is 5.14. The van der Waals surface area contributed by atoms with E-state index >= 15 is 0 Å². The first-order valence-electron chi connectivity index (χ1n) is 10.8. The molecule has 7 nitrogen and oxygen atoms in total. The smallest absolute Gasteiger partial charge is 0.224 e. The Balaban J connectivity index is 0.00000385. The molecule has 0 aliphatic carbocycles. The molecule has 1 saturated heterocycles. The highest BCUT2D eigenvalue weighted by Gasteiger charge is 2.21. The number of carbonyl (C=O) groups excluding carboxylic acids is 1. The average Bonchev–Trinajstić information content (AvgIpc) is 2.78. The molecule has 1 heterocycles. The monoisotopic (exact) mass is 541 g/mol. The molecule has 192 valence electrons. The Morgan fingerprint density at radius 2 is 1.71 bits per heavy atom. The lowest BCUT2D eigenvalue weighted by Gasteiger charge is -2.32. The first kappa shape index (κ1) is 32.3. The van der Waals surface area contributed by atoms with Crippen molar-refractivity contribution in [1.82, 2.24) is 4.90 Å². The Bertz CT molecular complexity index is 1010. The van der Waals surface area contributed by atoms with Gasteiger partial charge in [0.25, 0.3) is 0 Å². The highest BCUT2D eigenvalue weighted by Crippen LogP contribution is 2.23. The van der Waals surface area contributed by atoms with Crippen molar-refractivity contribution in [3.05, 3.63) is 65.7 Å². The number of nitrogens with zero attached hydrogens (tertiary/aromatic N) is 2. The summed E-state index contributed by atoms with van der Waals surface area (Å²) in [5.74, 6) is 1.38. The number of amides is 1. The normalized spacial score (nSPS) is 13.1. The van der Waals surface area contributed by atoms with Gasteiger partial charge in [0.15, 0.2) is 0 Å². The molecule has 0 unspecified atom stereocenters. The Morgan fingerprint density at radius 1 is 1.09 bits per heavy atom. The quantitative estimate of drug-likeness (QED) is 0.332. The van der Waals surface area contributed by atoms with Crippen LogP contribution in [0.25, 0.3) is 6.08 Å². The van der Waals surface area contributed by atoms with Crippen molar-refractivity contribution in [3.8, 4) is 5.75 Å². The summed E-state index contributed by atoms with van der Waals surface area (Å²) < 4.78 is 6.11. The molecule has 0 radical (unpaired) electrons. The van der Waals surface area contributed by atoms with E-state index in [0.717, 1.165) is 42.9 Å². The maximum absolute atomic E-state index is 12.2. The number of likely N-dealkylation sites (tertiary alicyclic amines) is 1. The van der Waals surface area contributed by atoms with Crippen LogP contribution < -0.4 is 15.4 Å². The van der Waals surface area contributed by atoms with Gasteiger partial charge in [-0.05, 0) is 42.8 Å². The van der Waals surface area contributed by atoms with E-state index in [1.54, 1.807) is 17.9 Å². The zero-order valence-electron chi connectivity index (χ0n) is 19.9. The molecule has 1 aliphatic rings. The van der Waals surface area contributed by atoms with Crippen LogP contribution in [0.2, 0.25) is 0 Å². The molecule has 1 amide bonds. The first-order chi connectivity index (χ1) is 15.3. The van der Waals surface area contributed by atoms with Crippen molar-refractivity contribution in [2.45, 2.75) is 32.8 Å². The molecule has 0 spiro atoms. The van der Waals surface area contributed by atoms with E-state index in [-0.39, 0.29) is 55.1 Å². The van der Waals surface area contributed by atoms with E-state index < -0.39 is 0 Å². The fourth-order valence-electron chi connectivity index (χ4n) is 3.73. The molecule has 4 N–H and O–H groups in total. The minimum atomic E-state index is -0.0461. The number of nitrogens with two attached hydrogens (primary N) is 1. The van der Waals surface area contributed by atoms with Gasteiger partial charge in [-0.25, -0.2) is 0 Å². The minimum absolute atomic E-state index is 0. The molecule has 1 aliphatic heterocycles. The second kappa shape index (κ2) is 15.3. The van der Waals surface area contributed by atoms with Gasteiger partial charge in [0.05, 0.1) is 5.84 Å². The lowest BCUT2D eigenvalue weighted by atomic mass is 10.1. The van der Waals surface area contributed by atoms with Crippen LogP contribution in [0.1, 0.15) is 37.8 Å². The number of piperidine rings is 1. The molecule has 0 bridgehead atoms. The third-order valence-electron chi connectivity index (χ3n) is 5.54. The Hall–Kier alpha value is -2.74. The van der Waals surface area contributed by atoms with E-state index in [2.05, 4.69) is 4.90 Å². The molecule has 1 fully saturated rings. The van der Waals surface area contributed by atoms with Gasteiger partial charge >= 0.3 is 0 Å². The zero-order chi connectivity index (χ0) is 23.1. The lowest BCUT2D eigenvalue weighted by molar-refractivity contribution is -0.116. The Morgan fingerprint density at radius 3 is 2.26 bits per heavy atom. The number of carbonyl (C=O) groups is 1. The van der Waals surface area contributed by atoms with Crippen molar-refractivity contribution in [1.29, 1.82) is 10.8 Å². The van der Waals surface area contributed by atoms with Gasteiger partial charge in [0, 0.05) is 50.7 Å². The van der Waals surface area contributed by atoms with Crippen LogP contribution in [-0.2, 0) is 4.79 Å². The van der Waals surface area contributed by atoms with E-state index in [1.165, 1.54) is 0 Å². The molecule has 0 aromatic heterocycles. The van der Waals surface area contributed by atoms with E-state index in [9.17, 15) is 4.79 Å². The van der Waals surface area contributed by atoms with Crippen molar-refractivity contribution in [2.75, 3.05) is 24.5 Å². The molecular formula is C25H34Cl3N5O2. The summed E-state index contributed by atoms with van der Waals surface area (Å²) >= 11 is 0. The molecule has 0 atom stereocenters. The molecule has 10 heteroatoms. The van der Waals surface area contributed by atoms with Gasteiger partial charge in [0.1, 0.15) is 17.7 Å². The summed E-state index contributed by atoms with van der Waals surface area (Å²) in [6.07, 6.45) is 5.78. The van der Waals surface area contributed by atoms with Gasteiger partial charge in [-0.1, -0.05) is 30.4 Å². The van der Waals surface area contributed by atoms with Crippen molar-refractivity contribution in [2.24, 2.45) is 5.73 Å². The number of ether oxygens (including phenoxy) is 1. The standard InChI is InChI=1S/C25H31N5O2.3ClH/c1-18(26)29-15-12-24(13-16-29)32-23-10-8-22(9-11-23)30(19(2)31)14-4-6-20-5-3-7-21(17-20)25(27)28;;;/h3-11,17,24,26H,12-16H2,1-2H3,(H3,27,28);3*1H/b6-4+,26-18?;;;. The summed E-state index contributed by atoms with van der Waals surface area (Å²) in [7, 11) is 0. The van der Waals surface area contributed by atoms with Crippen molar-refractivity contribution in [3.63, 3.8) is 0 Å². The number of nitrogen functional groups attached to an aromatic ring is 1. The maximum atomic E-state index is 12.2. The fraction of sp³-hybridized carbons (Fsp3) is 0.320.